The molecule has 2 fully saturated rings. The van der Waals surface area contributed by atoms with Crippen molar-refractivity contribution < 1.29 is 34.7 Å². The summed E-state index contributed by atoms with van der Waals surface area (Å²) in [6, 6.07) is 21.5. The number of hydrazine groups is 1. The molecule has 9 N–H and O–H groups in total. The average Bonchev–Trinajstić information content (AvgIpc) is 3.31. The number of carbonyl (C=O) groups excluding carboxylic acids is 1. The number of hydrogen-bond acceptors (Lipinski definition) is 14. The van der Waals surface area contributed by atoms with Gasteiger partial charge in [-0.15, -0.1) is 4.91 Å². The van der Waals surface area contributed by atoms with Gasteiger partial charge in [0.2, 0.25) is 0 Å². The molecular formula is C33H43ClN8O8. The first kappa shape index (κ1) is 38.6. The van der Waals surface area contributed by atoms with Crippen molar-refractivity contribution in [3.8, 4) is 11.5 Å². The molecule has 2 amide bonds. The highest BCUT2D eigenvalue weighted by Crippen LogP contribution is 2.38. The van der Waals surface area contributed by atoms with Crippen LogP contribution in [0.1, 0.15) is 11.1 Å². The van der Waals surface area contributed by atoms with Crippen molar-refractivity contribution in [3.05, 3.63) is 93.9 Å². The second-order valence-corrected chi connectivity index (χ2v) is 11.8. The molecule has 0 aliphatic carbocycles. The fraction of sp³-hybridized carbons (Fsp3) is 0.394. The monoisotopic (exact) mass is 714 g/mol. The topological polar surface area (TPSA) is 227 Å². The standard InChI is InChI=1S/C17H16ClN3O.C8H15N3O7.C8H12N2/c18-12-5-6-15-13(11-12)17(21-9-7-19-8-10-21)20-14-3-1-2-4-16(14)22-15;1-11(10-17)8(16)9-4-6(14)5(13)3(2-12)18-7(4)15;9-10-7-6-8-4-2-1-3-5-8/h1-6,11,19H,7-10H2;3-7,12-15H,2H2,1H3,(H,9,16);1-5,10H,6-7,9H2/t;3-,4-,5-,6-,7+;/m.1./s1. The lowest BCUT2D eigenvalue weighted by molar-refractivity contribution is -0.252. The molecule has 0 radical (unpaired) electrons. The molecule has 50 heavy (non-hydrogen) atoms. The number of piperazine rings is 1. The first-order valence-corrected chi connectivity index (χ1v) is 16.3. The Balaban J connectivity index is 0.000000181. The summed E-state index contributed by atoms with van der Waals surface area (Å²) >= 11 is 6.20. The summed E-state index contributed by atoms with van der Waals surface area (Å²) in [6.07, 6.45) is -4.85. The lowest BCUT2D eigenvalue weighted by Crippen LogP contribution is -2.64. The van der Waals surface area contributed by atoms with Crippen molar-refractivity contribution in [2.75, 3.05) is 46.4 Å². The minimum Gasteiger partial charge on any atom is -0.454 e. The van der Waals surface area contributed by atoms with Crippen LogP contribution >= 0.6 is 11.6 Å². The van der Waals surface area contributed by atoms with Gasteiger partial charge in [0.05, 0.1) is 17.5 Å². The average molecular weight is 715 g/mol. The number of ether oxygens (including phenoxy) is 2. The number of para-hydroxylation sites is 2. The number of nitrogens with one attached hydrogen (secondary N) is 3. The van der Waals surface area contributed by atoms with Crippen LogP contribution in [0.2, 0.25) is 5.02 Å². The van der Waals surface area contributed by atoms with Gasteiger partial charge in [-0.2, -0.15) is 5.01 Å². The number of rotatable bonds is 6. The Bertz CT molecular complexity index is 1570. The molecule has 0 spiro atoms. The summed E-state index contributed by atoms with van der Waals surface area (Å²) in [5.41, 5.74) is 5.74. The number of urea groups is 1. The lowest BCUT2D eigenvalue weighted by atomic mass is 9.97. The van der Waals surface area contributed by atoms with Crippen LogP contribution in [0.25, 0.3) is 0 Å². The Morgan fingerprint density at radius 1 is 1.06 bits per heavy atom. The number of fused-ring (bicyclic) bond motifs is 2. The Morgan fingerprint density at radius 2 is 1.76 bits per heavy atom. The van der Waals surface area contributed by atoms with Gasteiger partial charge in [-0.05, 0) is 42.3 Å². The number of hydrogen-bond donors (Lipinski definition) is 8. The van der Waals surface area contributed by atoms with Crippen LogP contribution in [0.5, 0.6) is 11.5 Å². The van der Waals surface area contributed by atoms with Gasteiger partial charge < -0.3 is 45.4 Å². The van der Waals surface area contributed by atoms with Crippen LogP contribution < -0.4 is 26.6 Å². The summed E-state index contributed by atoms with van der Waals surface area (Å²) in [5, 5.41) is 46.4. The van der Waals surface area contributed by atoms with E-state index in [1.165, 1.54) is 5.56 Å². The smallest absolute Gasteiger partial charge is 0.340 e. The molecule has 6 rings (SSSR count). The number of aliphatic hydroxyl groups excluding tert-OH is 4. The molecule has 3 aromatic carbocycles. The van der Waals surface area contributed by atoms with Crippen molar-refractivity contribution in [1.82, 2.24) is 26.0 Å². The molecule has 0 unspecified atom stereocenters. The van der Waals surface area contributed by atoms with Crippen molar-refractivity contribution in [1.29, 1.82) is 0 Å². The second kappa shape index (κ2) is 19.2. The van der Waals surface area contributed by atoms with Gasteiger partial charge in [-0.3, -0.25) is 11.3 Å². The number of aliphatic imine (C=N–C) groups is 1. The maximum absolute atomic E-state index is 11.3. The first-order valence-electron chi connectivity index (χ1n) is 15.9. The Labute approximate surface area is 294 Å². The number of halogens is 1. The van der Waals surface area contributed by atoms with Crippen molar-refractivity contribution in [3.63, 3.8) is 0 Å². The number of nitroso groups, excluding NO2 is 1. The third-order valence-electron chi connectivity index (χ3n) is 7.92. The molecule has 0 bridgehead atoms. The second-order valence-electron chi connectivity index (χ2n) is 11.4. The fourth-order valence-corrected chi connectivity index (χ4v) is 5.37. The third kappa shape index (κ3) is 10.4. The number of aliphatic hydroxyl groups is 4. The number of benzene rings is 3. The van der Waals surface area contributed by atoms with Gasteiger partial charge in [0.25, 0.3) is 0 Å². The van der Waals surface area contributed by atoms with E-state index < -0.39 is 43.3 Å². The summed E-state index contributed by atoms with van der Waals surface area (Å²) in [7, 11) is 1.07. The van der Waals surface area contributed by atoms with Gasteiger partial charge in [0.15, 0.2) is 12.0 Å². The van der Waals surface area contributed by atoms with E-state index >= 15 is 0 Å². The number of nitrogens with two attached hydrogens (primary N) is 1. The molecule has 270 valence electrons. The number of amidine groups is 1. The van der Waals surface area contributed by atoms with Crippen LogP contribution in [-0.4, -0.2) is 119 Å². The summed E-state index contributed by atoms with van der Waals surface area (Å²) < 4.78 is 10.9. The van der Waals surface area contributed by atoms with E-state index in [2.05, 4.69) is 38.4 Å². The molecule has 0 aromatic heterocycles. The molecule has 3 aliphatic rings. The van der Waals surface area contributed by atoms with Crippen LogP contribution in [0.3, 0.4) is 0 Å². The molecule has 16 nitrogen and oxygen atoms in total. The van der Waals surface area contributed by atoms with Crippen molar-refractivity contribution >= 4 is 29.2 Å². The van der Waals surface area contributed by atoms with Gasteiger partial charge in [0.1, 0.15) is 41.6 Å². The fourth-order valence-electron chi connectivity index (χ4n) is 5.20. The number of nitrogens with zero attached hydrogens (tertiary/aromatic N) is 4. The quantitative estimate of drug-likeness (QED) is 0.103. The van der Waals surface area contributed by atoms with E-state index in [1.54, 1.807) is 0 Å². The molecule has 2 saturated heterocycles. The highest BCUT2D eigenvalue weighted by molar-refractivity contribution is 6.31. The highest BCUT2D eigenvalue weighted by Gasteiger charge is 2.44. The number of amides is 2. The number of carbonyl (C=O) groups is 1. The molecule has 3 aromatic rings. The maximum Gasteiger partial charge on any atom is 0.340 e. The van der Waals surface area contributed by atoms with E-state index in [1.807, 2.05) is 60.7 Å². The zero-order valence-electron chi connectivity index (χ0n) is 27.4. The van der Waals surface area contributed by atoms with Crippen LogP contribution in [0.4, 0.5) is 10.5 Å². The molecule has 0 saturated carbocycles. The zero-order valence-corrected chi connectivity index (χ0v) is 28.2. The van der Waals surface area contributed by atoms with Crippen molar-refractivity contribution in [2.24, 2.45) is 16.1 Å². The van der Waals surface area contributed by atoms with Gasteiger partial charge in [-0.25, -0.2) is 9.79 Å². The largest absolute Gasteiger partial charge is 0.454 e. The van der Waals surface area contributed by atoms with Crippen LogP contribution in [-0.2, 0) is 11.2 Å². The lowest BCUT2D eigenvalue weighted by Gasteiger charge is -2.40. The van der Waals surface area contributed by atoms with E-state index in [0.717, 1.165) is 74.8 Å². The Kier molecular flexibility index (Phi) is 14.8. The van der Waals surface area contributed by atoms with E-state index in [4.69, 9.17) is 37.0 Å². The van der Waals surface area contributed by atoms with E-state index in [0.29, 0.717) is 10.0 Å². The normalized spacial score (nSPS) is 22.3. The summed E-state index contributed by atoms with van der Waals surface area (Å²) in [5.74, 6) is 7.63. The van der Waals surface area contributed by atoms with Crippen LogP contribution in [0.15, 0.2) is 83.1 Å². The predicted molar refractivity (Wildman–Crippen MR) is 187 cm³/mol. The molecule has 5 atom stereocenters. The molecule has 3 heterocycles. The highest BCUT2D eigenvalue weighted by atomic mass is 35.5. The summed E-state index contributed by atoms with van der Waals surface area (Å²) in [6.45, 7) is 3.99. The zero-order chi connectivity index (χ0) is 36.0. The SMILES string of the molecule is CN(N=O)C(=O)N[C@@H]1[C@@H](O)[C@H](O)[C@@H](CO)O[C@@H]1O.Clc1ccc2c(c1)C(N1CCNCC1)=Nc1ccccc1O2.NNCCc1ccccc1. The van der Waals surface area contributed by atoms with E-state index in [9.17, 15) is 25.0 Å². The van der Waals surface area contributed by atoms with Gasteiger partial charge in [0, 0.05) is 44.8 Å². The maximum atomic E-state index is 11.3. The Morgan fingerprint density at radius 3 is 2.44 bits per heavy atom. The molecular weight excluding hydrogens is 672 g/mol. The summed E-state index contributed by atoms with van der Waals surface area (Å²) in [4.78, 5) is 28.6. The van der Waals surface area contributed by atoms with E-state index in [-0.39, 0.29) is 0 Å². The minimum atomic E-state index is -1.63. The van der Waals surface area contributed by atoms with Crippen molar-refractivity contribution in [2.45, 2.75) is 37.1 Å². The van der Waals surface area contributed by atoms with Gasteiger partial charge in [-0.1, -0.05) is 54.1 Å². The third-order valence-corrected chi connectivity index (χ3v) is 8.15. The Hall–Kier alpha value is -4.23. The first-order chi connectivity index (χ1) is 24.2. The van der Waals surface area contributed by atoms with Crippen LogP contribution in [0, 0.1) is 4.91 Å². The molecule has 3 aliphatic heterocycles. The predicted octanol–water partition coefficient (Wildman–Crippen LogP) is 1.23. The molecule has 17 heteroatoms. The minimum absolute atomic E-state index is 0.407. The van der Waals surface area contributed by atoms with Gasteiger partial charge >= 0.3 is 6.03 Å².